The normalized spacial score (nSPS) is 35.2. The van der Waals surface area contributed by atoms with Gasteiger partial charge in [-0.25, -0.2) is 0 Å². The molecule has 3 heteroatoms. The number of hydrogen-bond acceptors (Lipinski definition) is 2. The van der Waals surface area contributed by atoms with Crippen LogP contribution in [0.2, 0.25) is 18.6 Å². The maximum absolute atomic E-state index is 4.13. The number of rotatable bonds is 2. The number of nitrogens with zero attached hydrogens (tertiary/aromatic N) is 1. The van der Waals surface area contributed by atoms with Gasteiger partial charge >= 0.3 is 0 Å². The van der Waals surface area contributed by atoms with Crippen LogP contribution in [-0.4, -0.2) is 24.5 Å². The van der Waals surface area contributed by atoms with Crippen LogP contribution in [0.3, 0.4) is 0 Å². The highest BCUT2D eigenvalue weighted by Crippen LogP contribution is 2.62. The monoisotopic (exact) mass is 538 g/mol. The fourth-order valence-corrected chi connectivity index (χ4v) is 14.4. The Morgan fingerprint density at radius 2 is 1.28 bits per heavy atom. The molecule has 0 spiro atoms. The van der Waals surface area contributed by atoms with E-state index in [0.717, 1.165) is 0 Å². The zero-order chi connectivity index (χ0) is 28.1. The van der Waals surface area contributed by atoms with Gasteiger partial charge in [0.2, 0.25) is 0 Å². The Kier molecular flexibility index (Phi) is 6.13. The van der Waals surface area contributed by atoms with Crippen molar-refractivity contribution in [1.29, 1.82) is 0 Å². The minimum Gasteiger partial charge on any atom is -0.299 e. The van der Waals surface area contributed by atoms with E-state index in [-0.39, 0.29) is 16.5 Å². The van der Waals surface area contributed by atoms with Crippen molar-refractivity contribution >= 4 is 14.3 Å². The third kappa shape index (κ3) is 4.26. The van der Waals surface area contributed by atoms with Crippen molar-refractivity contribution in [3.8, 4) is 0 Å². The molecule has 0 aromatic heterocycles. The van der Waals surface area contributed by atoms with Crippen molar-refractivity contribution in [2.24, 2.45) is 34.5 Å². The standard InChI is InChI=1S/C36H50N2Si/c1-34(2,3)24-16-18-27-28-19-17-25(35(4,5)6)22-30(28)33(29(27)21-24)39(9,10)38-31-20-15-23-13-11-12-14-26(23)32(31)37-36(38,7)8/h11-22,27-33,37H,1-10H3/t27?,28?,29?,30?,31-,32?,33?/m1/s1. The van der Waals surface area contributed by atoms with Gasteiger partial charge in [-0.05, 0) is 76.2 Å². The molecule has 2 fully saturated rings. The Labute approximate surface area is 239 Å². The fourth-order valence-electron chi connectivity index (χ4n) is 9.02. The molecule has 4 aliphatic carbocycles. The Balaban J connectivity index is 1.47. The van der Waals surface area contributed by atoms with Gasteiger partial charge in [0, 0.05) is 6.04 Å². The molecule has 0 radical (unpaired) electrons. The summed E-state index contributed by atoms with van der Waals surface area (Å²) < 4.78 is 2.99. The Hall–Kier alpha value is -1.94. The Morgan fingerprint density at radius 3 is 1.82 bits per heavy atom. The average molecular weight is 539 g/mol. The SMILES string of the molecule is CC(C)(C)C1=CC2C(C=C1)C1C=CC(C(C)(C)C)=CC1C2[Si](C)(C)N1[C@@H]2C=Cc3ccccc3C2NC1(C)C. The molecule has 5 unspecified atom stereocenters. The molecule has 6 rings (SSSR count). The van der Waals surface area contributed by atoms with Crippen molar-refractivity contribution in [1.82, 2.24) is 9.88 Å². The molecule has 1 saturated heterocycles. The third-order valence-corrected chi connectivity index (χ3v) is 15.1. The van der Waals surface area contributed by atoms with Gasteiger partial charge in [-0.1, -0.05) is 128 Å². The van der Waals surface area contributed by atoms with Crippen molar-refractivity contribution in [2.45, 2.75) is 91.8 Å². The van der Waals surface area contributed by atoms with E-state index in [4.69, 9.17) is 0 Å². The predicted octanol–water partition coefficient (Wildman–Crippen LogP) is 8.90. The number of benzene rings is 1. The third-order valence-electron chi connectivity index (χ3n) is 10.6. The highest BCUT2D eigenvalue weighted by molar-refractivity contribution is 6.76. The summed E-state index contributed by atoms with van der Waals surface area (Å²) in [5, 5.41) is 4.13. The zero-order valence-electron chi connectivity index (χ0n) is 25.9. The second kappa shape index (κ2) is 8.78. The summed E-state index contributed by atoms with van der Waals surface area (Å²) in [6.07, 6.45) is 20.5. The van der Waals surface area contributed by atoms with E-state index >= 15 is 0 Å². The zero-order valence-corrected chi connectivity index (χ0v) is 26.9. The second-order valence-corrected chi connectivity index (χ2v) is 20.4. The molecular formula is C36H50N2Si. The van der Waals surface area contributed by atoms with Gasteiger partial charge in [-0.2, -0.15) is 0 Å². The first-order chi connectivity index (χ1) is 18.1. The lowest BCUT2D eigenvalue weighted by Crippen LogP contribution is -2.64. The summed E-state index contributed by atoms with van der Waals surface area (Å²) in [5.74, 6) is 2.33. The largest absolute Gasteiger partial charge is 0.299 e. The number of fused-ring (bicyclic) bond motifs is 6. The molecule has 1 heterocycles. The lowest BCUT2D eigenvalue weighted by molar-refractivity contribution is 0.227. The molecule has 0 amide bonds. The molecule has 2 nitrogen and oxygen atoms in total. The summed E-state index contributed by atoms with van der Waals surface area (Å²) in [6.45, 7) is 24.5. The smallest absolute Gasteiger partial charge is 0.129 e. The van der Waals surface area contributed by atoms with Gasteiger partial charge in [0.05, 0.1) is 11.7 Å². The molecule has 6 atom stereocenters. The molecule has 0 bridgehead atoms. The molecule has 1 aliphatic heterocycles. The van der Waals surface area contributed by atoms with Crippen LogP contribution in [0.5, 0.6) is 0 Å². The van der Waals surface area contributed by atoms with Crippen molar-refractivity contribution in [2.75, 3.05) is 0 Å². The quantitative estimate of drug-likeness (QED) is 0.378. The van der Waals surface area contributed by atoms with Crippen molar-refractivity contribution in [3.63, 3.8) is 0 Å². The van der Waals surface area contributed by atoms with E-state index in [1.165, 1.54) is 22.3 Å². The van der Waals surface area contributed by atoms with Crippen molar-refractivity contribution < 1.29 is 0 Å². The molecule has 1 aromatic rings. The highest BCUT2D eigenvalue weighted by Gasteiger charge is 2.61. The lowest BCUT2D eigenvalue weighted by Gasteiger charge is -2.51. The first-order valence-corrected chi connectivity index (χ1v) is 18.3. The van der Waals surface area contributed by atoms with E-state index in [2.05, 4.69) is 151 Å². The number of allylic oxidation sites excluding steroid dienone is 8. The van der Waals surface area contributed by atoms with E-state index in [0.29, 0.717) is 41.3 Å². The maximum atomic E-state index is 4.13. The average Bonchev–Trinajstić information content (AvgIpc) is 3.33. The summed E-state index contributed by atoms with van der Waals surface area (Å²) in [6, 6.07) is 9.73. The van der Waals surface area contributed by atoms with Gasteiger partial charge < -0.3 is 0 Å². The van der Waals surface area contributed by atoms with E-state index in [9.17, 15) is 0 Å². The van der Waals surface area contributed by atoms with Gasteiger partial charge in [0.1, 0.15) is 8.24 Å². The van der Waals surface area contributed by atoms with Crippen LogP contribution in [0.4, 0.5) is 0 Å². The first-order valence-electron chi connectivity index (χ1n) is 15.3. The summed E-state index contributed by atoms with van der Waals surface area (Å²) in [7, 11) is -2.03. The van der Waals surface area contributed by atoms with Crippen LogP contribution >= 0.6 is 0 Å². The van der Waals surface area contributed by atoms with E-state index < -0.39 is 8.24 Å². The van der Waals surface area contributed by atoms with Crippen LogP contribution < -0.4 is 5.32 Å². The van der Waals surface area contributed by atoms with Crippen LogP contribution in [0, 0.1) is 34.5 Å². The second-order valence-electron chi connectivity index (χ2n) is 16.0. The Morgan fingerprint density at radius 1 is 0.744 bits per heavy atom. The Bertz CT molecular complexity index is 1260. The molecule has 39 heavy (non-hydrogen) atoms. The fraction of sp³-hybridized carbons (Fsp3) is 0.556. The van der Waals surface area contributed by atoms with Crippen molar-refractivity contribution in [3.05, 3.63) is 89.1 Å². The van der Waals surface area contributed by atoms with Gasteiger partial charge in [0.25, 0.3) is 0 Å². The molecular weight excluding hydrogens is 488 g/mol. The van der Waals surface area contributed by atoms with Crippen LogP contribution in [0.15, 0.2) is 77.9 Å². The minimum atomic E-state index is -2.03. The maximum Gasteiger partial charge on any atom is 0.129 e. The summed E-state index contributed by atoms with van der Waals surface area (Å²) in [4.78, 5) is 0. The first kappa shape index (κ1) is 27.2. The van der Waals surface area contributed by atoms with Crippen LogP contribution in [-0.2, 0) is 0 Å². The number of hydrogen-bond donors (Lipinski definition) is 1. The lowest BCUT2D eigenvalue weighted by atomic mass is 9.74. The van der Waals surface area contributed by atoms with Crippen LogP contribution in [0.25, 0.3) is 6.08 Å². The van der Waals surface area contributed by atoms with Crippen LogP contribution in [0.1, 0.15) is 72.6 Å². The van der Waals surface area contributed by atoms with Gasteiger partial charge in [0.15, 0.2) is 0 Å². The molecule has 1 aromatic carbocycles. The minimum absolute atomic E-state index is 0.0669. The highest BCUT2D eigenvalue weighted by atomic mass is 28.3. The summed E-state index contributed by atoms with van der Waals surface area (Å²) >= 11 is 0. The molecule has 1 saturated carbocycles. The number of nitrogens with one attached hydrogen (secondary N) is 1. The molecule has 5 aliphatic rings. The molecule has 1 N–H and O–H groups in total. The topological polar surface area (TPSA) is 15.3 Å². The summed E-state index contributed by atoms with van der Waals surface area (Å²) in [5.41, 5.74) is 6.78. The predicted molar refractivity (Wildman–Crippen MR) is 170 cm³/mol. The van der Waals surface area contributed by atoms with Gasteiger partial charge in [-0.3, -0.25) is 9.88 Å². The molecule has 208 valence electrons. The van der Waals surface area contributed by atoms with E-state index in [1.54, 1.807) is 0 Å². The van der Waals surface area contributed by atoms with Gasteiger partial charge in [-0.15, -0.1) is 0 Å². The van der Waals surface area contributed by atoms with E-state index in [1.807, 2.05) is 0 Å².